The van der Waals surface area contributed by atoms with Crippen LogP contribution in [-0.2, 0) is 12.6 Å². The summed E-state index contributed by atoms with van der Waals surface area (Å²) in [7, 11) is 0.211. The molecule has 0 fully saturated rings. The Bertz CT molecular complexity index is 1800. The molecule has 0 radical (unpaired) electrons. The molecule has 3 aromatic carbocycles. The molecule has 5 aromatic rings. The molecular formula is C33H29ClN2O2Si. The van der Waals surface area contributed by atoms with Gasteiger partial charge in [-0.3, -0.25) is 9.78 Å². The van der Waals surface area contributed by atoms with Gasteiger partial charge in [0.25, 0.3) is 5.56 Å². The van der Waals surface area contributed by atoms with Crippen molar-refractivity contribution in [1.82, 2.24) is 9.55 Å². The average molecular weight is 549 g/mol. The Labute approximate surface area is 234 Å². The number of nitrogens with zero attached hydrogens (tertiary/aromatic N) is 2. The molecule has 0 saturated carbocycles. The lowest BCUT2D eigenvalue weighted by molar-refractivity contribution is 0.125. The average Bonchev–Trinajstić information content (AvgIpc) is 2.94. The highest BCUT2D eigenvalue weighted by Crippen LogP contribution is 2.39. The van der Waals surface area contributed by atoms with E-state index in [4.69, 9.17) is 11.6 Å². The van der Waals surface area contributed by atoms with E-state index in [1.165, 1.54) is 0 Å². The molecule has 0 aliphatic carbocycles. The third-order valence-electron chi connectivity index (χ3n) is 6.76. The van der Waals surface area contributed by atoms with Crippen molar-refractivity contribution in [2.45, 2.75) is 25.2 Å². The minimum Gasteiger partial charge on any atom is -0.376 e. The fourth-order valence-electron chi connectivity index (χ4n) is 4.72. The van der Waals surface area contributed by atoms with Gasteiger partial charge in [0.15, 0.2) is 0 Å². The van der Waals surface area contributed by atoms with Crippen molar-refractivity contribution >= 4 is 30.6 Å². The minimum absolute atomic E-state index is 0.107. The molecule has 1 N–H and O–H groups in total. The summed E-state index contributed by atoms with van der Waals surface area (Å²) in [6.07, 6.45) is 3.35. The summed E-state index contributed by atoms with van der Waals surface area (Å²) in [6.45, 7) is 6.64. The Hall–Kier alpha value is -3.95. The largest absolute Gasteiger partial charge is 0.376 e. The second-order valence-corrected chi connectivity index (χ2v) is 15.9. The third-order valence-corrected chi connectivity index (χ3v) is 7.89. The summed E-state index contributed by atoms with van der Waals surface area (Å²) in [5.74, 6) is 3.32. The standard InChI is InChI=1S/C33H29ClN2O2Si/c1-36-31-15-12-26(33(38,27-9-6-17-35-22-27)25-10-13-28(34)14-11-25)20-30(31)29(21-32(36)37)24-8-5-7-23(19-24)16-18-39(2,3)4/h5-15,17,19-22,38H,1-4H3. The molecule has 0 spiro atoms. The van der Waals surface area contributed by atoms with E-state index in [1.807, 2.05) is 60.7 Å². The van der Waals surface area contributed by atoms with Crippen LogP contribution < -0.4 is 5.56 Å². The molecule has 0 aliphatic heterocycles. The first kappa shape index (κ1) is 26.6. The van der Waals surface area contributed by atoms with Crippen LogP contribution in [0.1, 0.15) is 22.3 Å². The van der Waals surface area contributed by atoms with Crippen molar-refractivity contribution in [3.63, 3.8) is 0 Å². The molecule has 2 heterocycles. The summed E-state index contributed by atoms with van der Waals surface area (Å²) in [5, 5.41) is 13.8. The number of aryl methyl sites for hydroxylation is 1. The van der Waals surface area contributed by atoms with Crippen LogP contribution in [0.5, 0.6) is 0 Å². The number of aliphatic hydroxyl groups is 1. The molecular weight excluding hydrogens is 520 g/mol. The van der Waals surface area contributed by atoms with Crippen molar-refractivity contribution in [2.24, 2.45) is 7.05 Å². The maximum absolute atomic E-state index is 13.0. The molecule has 0 saturated heterocycles. The van der Waals surface area contributed by atoms with E-state index in [0.717, 1.165) is 27.6 Å². The molecule has 0 bridgehead atoms. The van der Waals surface area contributed by atoms with Crippen molar-refractivity contribution in [3.05, 3.63) is 135 Å². The normalized spacial score (nSPS) is 13.0. The number of pyridine rings is 2. The van der Waals surface area contributed by atoms with Crippen LogP contribution in [0.2, 0.25) is 24.7 Å². The quantitative estimate of drug-likeness (QED) is 0.199. The SMILES string of the molecule is Cn1c(=O)cc(-c2cccc(C#C[Si](C)(C)C)c2)c2cc(C(O)(c3ccc(Cl)cc3)c3cccnc3)ccc21. The van der Waals surface area contributed by atoms with Crippen molar-refractivity contribution in [2.75, 3.05) is 0 Å². The number of hydrogen-bond donors (Lipinski definition) is 1. The molecule has 6 heteroatoms. The van der Waals surface area contributed by atoms with Gasteiger partial charge in [-0.2, -0.15) is 0 Å². The minimum atomic E-state index is -1.55. The van der Waals surface area contributed by atoms with Gasteiger partial charge in [-0.25, -0.2) is 0 Å². The zero-order valence-corrected chi connectivity index (χ0v) is 24.1. The van der Waals surface area contributed by atoms with Crippen LogP contribution in [-0.4, -0.2) is 22.7 Å². The first-order valence-corrected chi connectivity index (χ1v) is 16.6. The number of benzene rings is 3. The second-order valence-electron chi connectivity index (χ2n) is 10.7. The molecule has 1 atom stereocenters. The number of fused-ring (bicyclic) bond motifs is 1. The van der Waals surface area contributed by atoms with Crippen LogP contribution >= 0.6 is 11.6 Å². The molecule has 194 valence electrons. The summed E-state index contributed by atoms with van der Waals surface area (Å²) in [4.78, 5) is 17.3. The highest BCUT2D eigenvalue weighted by Gasteiger charge is 2.34. The predicted octanol–water partition coefficient (Wildman–Crippen LogP) is 6.77. The Morgan fingerprint density at radius 1 is 0.897 bits per heavy atom. The first-order valence-electron chi connectivity index (χ1n) is 12.7. The lowest BCUT2D eigenvalue weighted by Gasteiger charge is -2.30. The van der Waals surface area contributed by atoms with E-state index in [0.29, 0.717) is 21.7 Å². The van der Waals surface area contributed by atoms with Crippen molar-refractivity contribution < 1.29 is 5.11 Å². The summed E-state index contributed by atoms with van der Waals surface area (Å²) < 4.78 is 1.63. The van der Waals surface area contributed by atoms with E-state index >= 15 is 0 Å². The van der Waals surface area contributed by atoms with Gasteiger partial charge in [0.2, 0.25) is 0 Å². The van der Waals surface area contributed by atoms with E-state index in [-0.39, 0.29) is 5.56 Å². The van der Waals surface area contributed by atoms with Gasteiger partial charge < -0.3 is 9.67 Å². The molecule has 5 rings (SSSR count). The molecule has 2 aromatic heterocycles. The maximum Gasteiger partial charge on any atom is 0.251 e. The van der Waals surface area contributed by atoms with Gasteiger partial charge >= 0.3 is 0 Å². The van der Waals surface area contributed by atoms with Crippen LogP contribution in [0.15, 0.2) is 102 Å². The number of halogens is 1. The first-order chi connectivity index (χ1) is 18.6. The Morgan fingerprint density at radius 2 is 1.64 bits per heavy atom. The lowest BCUT2D eigenvalue weighted by atomic mass is 9.80. The summed E-state index contributed by atoms with van der Waals surface area (Å²) in [6, 6.07) is 26.2. The molecule has 1 unspecified atom stereocenters. The van der Waals surface area contributed by atoms with E-state index in [1.54, 1.807) is 48.3 Å². The number of rotatable bonds is 4. The predicted molar refractivity (Wildman–Crippen MR) is 163 cm³/mol. The topological polar surface area (TPSA) is 55.1 Å². The Balaban J connectivity index is 1.77. The highest BCUT2D eigenvalue weighted by molar-refractivity contribution is 6.83. The number of aromatic nitrogens is 2. The van der Waals surface area contributed by atoms with E-state index in [2.05, 4.69) is 36.1 Å². The van der Waals surface area contributed by atoms with Gasteiger partial charge in [-0.1, -0.05) is 73.6 Å². The maximum atomic E-state index is 13.0. The van der Waals surface area contributed by atoms with Gasteiger partial charge in [-0.05, 0) is 64.7 Å². The van der Waals surface area contributed by atoms with E-state index < -0.39 is 13.7 Å². The van der Waals surface area contributed by atoms with Crippen molar-refractivity contribution in [3.8, 4) is 22.6 Å². The zero-order chi connectivity index (χ0) is 27.8. The Morgan fingerprint density at radius 3 is 2.33 bits per heavy atom. The monoisotopic (exact) mass is 548 g/mol. The molecule has 4 nitrogen and oxygen atoms in total. The fraction of sp³-hybridized carbons (Fsp3) is 0.152. The van der Waals surface area contributed by atoms with E-state index in [9.17, 15) is 9.90 Å². The molecule has 39 heavy (non-hydrogen) atoms. The zero-order valence-electron chi connectivity index (χ0n) is 22.4. The molecule has 0 aliphatic rings. The van der Waals surface area contributed by atoms with Crippen LogP contribution in [0.25, 0.3) is 22.0 Å². The molecule has 0 amide bonds. The van der Waals surface area contributed by atoms with Gasteiger partial charge in [0, 0.05) is 47.0 Å². The number of hydrogen-bond acceptors (Lipinski definition) is 3. The highest BCUT2D eigenvalue weighted by atomic mass is 35.5. The smallest absolute Gasteiger partial charge is 0.251 e. The van der Waals surface area contributed by atoms with Gasteiger partial charge in [0.1, 0.15) is 13.7 Å². The van der Waals surface area contributed by atoms with Crippen molar-refractivity contribution in [1.29, 1.82) is 0 Å². The fourth-order valence-corrected chi connectivity index (χ4v) is 5.36. The van der Waals surface area contributed by atoms with Crippen LogP contribution in [0.3, 0.4) is 0 Å². The Kier molecular flexibility index (Phi) is 7.05. The van der Waals surface area contributed by atoms with Gasteiger partial charge in [-0.15, -0.1) is 5.54 Å². The summed E-state index contributed by atoms with van der Waals surface area (Å²) >= 11 is 6.18. The second kappa shape index (κ2) is 10.3. The third kappa shape index (κ3) is 5.32. The van der Waals surface area contributed by atoms with Crippen LogP contribution in [0.4, 0.5) is 0 Å². The summed E-state index contributed by atoms with van der Waals surface area (Å²) in [5.41, 5.74) is 7.12. The van der Waals surface area contributed by atoms with Crippen LogP contribution in [0, 0.1) is 11.5 Å². The lowest BCUT2D eigenvalue weighted by Crippen LogP contribution is -2.29. The van der Waals surface area contributed by atoms with Gasteiger partial charge in [0.05, 0.1) is 5.52 Å².